The molecule has 0 unspecified atom stereocenters. The number of amides is 2. The Labute approximate surface area is 167 Å². The van der Waals surface area contributed by atoms with Crippen molar-refractivity contribution in [2.24, 2.45) is 5.92 Å². The van der Waals surface area contributed by atoms with Gasteiger partial charge in [0.1, 0.15) is 0 Å². The van der Waals surface area contributed by atoms with E-state index >= 15 is 0 Å². The predicted octanol–water partition coefficient (Wildman–Crippen LogP) is 3.91. The van der Waals surface area contributed by atoms with E-state index in [-0.39, 0.29) is 17.7 Å². The highest BCUT2D eigenvalue weighted by Crippen LogP contribution is 2.28. The average Bonchev–Trinajstić information content (AvgIpc) is 3.03. The first-order valence-electron chi connectivity index (χ1n) is 8.92. The van der Waals surface area contributed by atoms with Crippen LogP contribution in [0, 0.1) is 12.8 Å². The van der Waals surface area contributed by atoms with Gasteiger partial charge in [-0.2, -0.15) is 0 Å². The predicted molar refractivity (Wildman–Crippen MR) is 109 cm³/mol. The lowest BCUT2D eigenvalue weighted by atomic mass is 9.95. The molecule has 1 aliphatic heterocycles. The largest absolute Gasteiger partial charge is 0.326 e. The van der Waals surface area contributed by atoms with Gasteiger partial charge in [-0.25, -0.2) is 4.98 Å². The second-order valence-electron chi connectivity index (χ2n) is 6.77. The standard InChI is InChI=1S/C19H23ClN4O2S/c1-12(25)21-15-3-4-17(20)18(9-15)23-19(26)14-5-7-24(8-6-14)10-16-11-27-13(2)22-16/h3-4,9,11,14H,5-8,10H2,1-2H3,(H,21,25)(H,23,26). The van der Waals surface area contributed by atoms with Crippen LogP contribution in [0.1, 0.15) is 30.5 Å². The second kappa shape index (κ2) is 8.82. The number of halogens is 1. The van der Waals surface area contributed by atoms with Gasteiger partial charge in [0.15, 0.2) is 0 Å². The highest BCUT2D eigenvalue weighted by atomic mass is 35.5. The average molecular weight is 407 g/mol. The van der Waals surface area contributed by atoms with Gasteiger partial charge in [-0.1, -0.05) is 11.6 Å². The highest BCUT2D eigenvalue weighted by molar-refractivity contribution is 7.09. The molecule has 1 aliphatic rings. The third-order valence-electron chi connectivity index (χ3n) is 4.56. The van der Waals surface area contributed by atoms with E-state index in [2.05, 4.69) is 25.9 Å². The van der Waals surface area contributed by atoms with E-state index in [1.807, 2.05) is 6.92 Å². The minimum atomic E-state index is -0.169. The maximum absolute atomic E-state index is 12.6. The summed E-state index contributed by atoms with van der Waals surface area (Å²) >= 11 is 7.85. The van der Waals surface area contributed by atoms with E-state index < -0.39 is 0 Å². The first-order chi connectivity index (χ1) is 12.9. The zero-order chi connectivity index (χ0) is 19.4. The van der Waals surface area contributed by atoms with Crippen LogP contribution < -0.4 is 10.6 Å². The molecular formula is C19H23ClN4O2S. The first kappa shape index (κ1) is 19.8. The zero-order valence-corrected chi connectivity index (χ0v) is 17.0. The molecule has 0 atom stereocenters. The van der Waals surface area contributed by atoms with Crippen LogP contribution in [0.4, 0.5) is 11.4 Å². The summed E-state index contributed by atoms with van der Waals surface area (Å²) in [6.07, 6.45) is 1.61. The van der Waals surface area contributed by atoms with Crippen LogP contribution in [0.3, 0.4) is 0 Å². The summed E-state index contributed by atoms with van der Waals surface area (Å²) in [6, 6.07) is 5.06. The van der Waals surface area contributed by atoms with Crippen LogP contribution in [0.2, 0.25) is 5.02 Å². The number of hydrogen-bond donors (Lipinski definition) is 2. The molecule has 2 N–H and O–H groups in total. The molecule has 2 amide bonds. The smallest absolute Gasteiger partial charge is 0.227 e. The fraction of sp³-hybridized carbons (Fsp3) is 0.421. The number of likely N-dealkylation sites (tertiary alicyclic amines) is 1. The molecule has 3 rings (SSSR count). The zero-order valence-electron chi connectivity index (χ0n) is 15.4. The van der Waals surface area contributed by atoms with Crippen molar-refractivity contribution in [3.63, 3.8) is 0 Å². The maximum Gasteiger partial charge on any atom is 0.227 e. The molecule has 1 saturated heterocycles. The Hall–Kier alpha value is -1.96. The van der Waals surface area contributed by atoms with Crippen molar-refractivity contribution in [1.29, 1.82) is 0 Å². The molecule has 2 aromatic rings. The summed E-state index contributed by atoms with van der Waals surface area (Å²) in [7, 11) is 0. The number of thiazole rings is 1. The summed E-state index contributed by atoms with van der Waals surface area (Å²) in [5.41, 5.74) is 2.23. The first-order valence-corrected chi connectivity index (χ1v) is 10.2. The Kier molecular flexibility index (Phi) is 6.46. The quantitative estimate of drug-likeness (QED) is 0.789. The number of piperidine rings is 1. The summed E-state index contributed by atoms with van der Waals surface area (Å²) in [5, 5.41) is 9.23. The fourth-order valence-corrected chi connectivity index (χ4v) is 3.97. The van der Waals surface area contributed by atoms with Gasteiger partial charge in [-0.15, -0.1) is 11.3 Å². The monoisotopic (exact) mass is 406 g/mol. The van der Waals surface area contributed by atoms with Crippen LogP contribution in [-0.2, 0) is 16.1 Å². The number of hydrogen-bond acceptors (Lipinski definition) is 5. The van der Waals surface area contributed by atoms with Crippen molar-refractivity contribution in [2.75, 3.05) is 23.7 Å². The summed E-state index contributed by atoms with van der Waals surface area (Å²) in [5.74, 6) is -0.239. The third-order valence-corrected chi connectivity index (χ3v) is 5.71. The summed E-state index contributed by atoms with van der Waals surface area (Å²) < 4.78 is 0. The van der Waals surface area contributed by atoms with Crippen LogP contribution >= 0.6 is 22.9 Å². The topological polar surface area (TPSA) is 74.3 Å². The Balaban J connectivity index is 1.54. The van der Waals surface area contributed by atoms with E-state index in [0.717, 1.165) is 43.2 Å². The number of rotatable bonds is 5. The fourth-order valence-electron chi connectivity index (χ4n) is 3.20. The van der Waals surface area contributed by atoms with E-state index in [4.69, 9.17) is 11.6 Å². The normalized spacial score (nSPS) is 15.5. The Morgan fingerprint density at radius 2 is 2.04 bits per heavy atom. The number of carbonyl (C=O) groups excluding carboxylic acids is 2. The minimum Gasteiger partial charge on any atom is -0.326 e. The SMILES string of the molecule is CC(=O)Nc1ccc(Cl)c(NC(=O)C2CCN(Cc3csc(C)n3)CC2)c1. The molecule has 0 aliphatic carbocycles. The van der Waals surface area contributed by atoms with Crippen LogP contribution in [0.5, 0.6) is 0 Å². The molecule has 0 saturated carbocycles. The Morgan fingerprint density at radius 3 is 2.67 bits per heavy atom. The van der Waals surface area contributed by atoms with Crippen LogP contribution in [0.15, 0.2) is 23.6 Å². The number of aryl methyl sites for hydroxylation is 1. The molecule has 27 heavy (non-hydrogen) atoms. The van der Waals surface area contributed by atoms with Crippen LogP contribution in [0.25, 0.3) is 0 Å². The van der Waals surface area contributed by atoms with Gasteiger partial charge < -0.3 is 10.6 Å². The number of anilines is 2. The van der Waals surface area contributed by atoms with Crippen molar-refractivity contribution in [1.82, 2.24) is 9.88 Å². The molecule has 0 bridgehead atoms. The van der Waals surface area contributed by atoms with Crippen molar-refractivity contribution in [3.05, 3.63) is 39.3 Å². The van der Waals surface area contributed by atoms with Gasteiger partial charge in [-0.05, 0) is 51.1 Å². The molecule has 2 heterocycles. The lowest BCUT2D eigenvalue weighted by molar-refractivity contribution is -0.121. The van der Waals surface area contributed by atoms with Crippen molar-refractivity contribution >= 4 is 46.1 Å². The van der Waals surface area contributed by atoms with Gasteiger partial charge in [0, 0.05) is 30.5 Å². The highest BCUT2D eigenvalue weighted by Gasteiger charge is 2.25. The van der Waals surface area contributed by atoms with Crippen molar-refractivity contribution in [3.8, 4) is 0 Å². The lowest BCUT2D eigenvalue weighted by Crippen LogP contribution is -2.37. The molecule has 8 heteroatoms. The molecule has 144 valence electrons. The molecule has 1 aromatic carbocycles. The molecule has 6 nitrogen and oxygen atoms in total. The van der Waals surface area contributed by atoms with Gasteiger partial charge >= 0.3 is 0 Å². The van der Waals surface area contributed by atoms with Gasteiger partial charge in [0.2, 0.25) is 11.8 Å². The molecule has 0 spiro atoms. The van der Waals surface area contributed by atoms with E-state index in [1.165, 1.54) is 6.92 Å². The lowest BCUT2D eigenvalue weighted by Gasteiger charge is -2.30. The molecular weight excluding hydrogens is 384 g/mol. The number of nitrogens with zero attached hydrogens (tertiary/aromatic N) is 2. The van der Waals surface area contributed by atoms with Crippen molar-refractivity contribution < 1.29 is 9.59 Å². The van der Waals surface area contributed by atoms with E-state index in [9.17, 15) is 9.59 Å². The number of benzene rings is 1. The number of carbonyl (C=O) groups is 2. The summed E-state index contributed by atoms with van der Waals surface area (Å²) in [6.45, 7) is 6.02. The molecule has 0 radical (unpaired) electrons. The summed E-state index contributed by atoms with van der Waals surface area (Å²) in [4.78, 5) is 30.7. The van der Waals surface area contributed by atoms with Gasteiger partial charge in [0.05, 0.1) is 21.4 Å². The van der Waals surface area contributed by atoms with E-state index in [0.29, 0.717) is 16.4 Å². The van der Waals surface area contributed by atoms with Crippen molar-refractivity contribution in [2.45, 2.75) is 33.2 Å². The maximum atomic E-state index is 12.6. The second-order valence-corrected chi connectivity index (χ2v) is 8.24. The third kappa shape index (κ3) is 5.51. The van der Waals surface area contributed by atoms with Gasteiger partial charge in [-0.3, -0.25) is 14.5 Å². The molecule has 1 fully saturated rings. The Morgan fingerprint density at radius 1 is 1.30 bits per heavy atom. The molecule has 1 aromatic heterocycles. The van der Waals surface area contributed by atoms with Crippen LogP contribution in [-0.4, -0.2) is 34.8 Å². The number of aromatic nitrogens is 1. The Bertz CT molecular complexity index is 831. The minimum absolute atomic E-state index is 0.0268. The van der Waals surface area contributed by atoms with Gasteiger partial charge in [0.25, 0.3) is 0 Å². The van der Waals surface area contributed by atoms with E-state index in [1.54, 1.807) is 29.5 Å². The number of nitrogens with one attached hydrogen (secondary N) is 2.